The molecule has 80 valence electrons. The molecule has 0 unspecified atom stereocenters. The normalized spacial score (nSPS) is 10.1. The summed E-state index contributed by atoms with van der Waals surface area (Å²) in [5.74, 6) is 0.257. The molecule has 2 aromatic rings. The first-order valence-corrected chi connectivity index (χ1v) is 5.06. The predicted octanol–water partition coefficient (Wildman–Crippen LogP) is 3.18. The SMILES string of the molecule is Cc1cc(O)ccc1-c1cccc(C=O)c1. The molecule has 0 aromatic heterocycles. The van der Waals surface area contributed by atoms with Crippen molar-refractivity contribution in [1.29, 1.82) is 0 Å². The average Bonchev–Trinajstić information content (AvgIpc) is 2.29. The van der Waals surface area contributed by atoms with Crippen molar-refractivity contribution in [2.24, 2.45) is 0 Å². The summed E-state index contributed by atoms with van der Waals surface area (Å²) >= 11 is 0. The Balaban J connectivity index is 2.53. The van der Waals surface area contributed by atoms with Gasteiger partial charge in [-0.05, 0) is 41.8 Å². The number of carbonyl (C=O) groups excluding carboxylic acids is 1. The highest BCUT2D eigenvalue weighted by Crippen LogP contribution is 2.26. The van der Waals surface area contributed by atoms with E-state index < -0.39 is 0 Å². The highest BCUT2D eigenvalue weighted by atomic mass is 16.3. The number of phenols is 1. The van der Waals surface area contributed by atoms with Gasteiger partial charge in [0.2, 0.25) is 0 Å². The molecule has 2 nitrogen and oxygen atoms in total. The molecule has 0 fully saturated rings. The number of aryl methyl sites for hydroxylation is 1. The second-order valence-electron chi connectivity index (χ2n) is 3.74. The third kappa shape index (κ3) is 1.96. The van der Waals surface area contributed by atoms with Gasteiger partial charge < -0.3 is 5.11 Å². The van der Waals surface area contributed by atoms with Crippen molar-refractivity contribution in [3.63, 3.8) is 0 Å². The fraction of sp³-hybridized carbons (Fsp3) is 0.0714. The van der Waals surface area contributed by atoms with Crippen molar-refractivity contribution >= 4 is 6.29 Å². The van der Waals surface area contributed by atoms with Gasteiger partial charge >= 0.3 is 0 Å². The van der Waals surface area contributed by atoms with Gasteiger partial charge in [-0.15, -0.1) is 0 Å². The van der Waals surface area contributed by atoms with Crippen LogP contribution in [-0.2, 0) is 0 Å². The Morgan fingerprint density at radius 1 is 1.12 bits per heavy atom. The summed E-state index contributed by atoms with van der Waals surface area (Å²) in [6.45, 7) is 1.93. The van der Waals surface area contributed by atoms with Crippen molar-refractivity contribution in [2.75, 3.05) is 0 Å². The molecule has 0 spiro atoms. The minimum absolute atomic E-state index is 0.257. The van der Waals surface area contributed by atoms with E-state index in [1.807, 2.05) is 31.2 Å². The van der Waals surface area contributed by atoms with Crippen LogP contribution in [0.5, 0.6) is 5.75 Å². The fourth-order valence-corrected chi connectivity index (χ4v) is 1.75. The van der Waals surface area contributed by atoms with Crippen LogP contribution in [0.2, 0.25) is 0 Å². The van der Waals surface area contributed by atoms with Gasteiger partial charge in [0.1, 0.15) is 12.0 Å². The number of carbonyl (C=O) groups is 1. The standard InChI is InChI=1S/C14H12O2/c1-10-7-13(16)5-6-14(10)12-4-2-3-11(8-12)9-15/h2-9,16H,1H3. The van der Waals surface area contributed by atoms with Crippen LogP contribution in [-0.4, -0.2) is 11.4 Å². The van der Waals surface area contributed by atoms with Crippen molar-refractivity contribution in [2.45, 2.75) is 6.92 Å². The maximum Gasteiger partial charge on any atom is 0.150 e. The van der Waals surface area contributed by atoms with E-state index in [2.05, 4.69) is 0 Å². The molecule has 2 aromatic carbocycles. The molecule has 0 bridgehead atoms. The monoisotopic (exact) mass is 212 g/mol. The molecule has 0 saturated carbocycles. The van der Waals surface area contributed by atoms with Crippen LogP contribution >= 0.6 is 0 Å². The first-order valence-electron chi connectivity index (χ1n) is 5.06. The van der Waals surface area contributed by atoms with Crippen molar-refractivity contribution in [1.82, 2.24) is 0 Å². The van der Waals surface area contributed by atoms with Gasteiger partial charge in [0.15, 0.2) is 0 Å². The molecule has 2 rings (SSSR count). The Bertz CT molecular complexity index is 530. The van der Waals surface area contributed by atoms with Crippen LogP contribution in [0.4, 0.5) is 0 Å². The molecule has 0 aliphatic heterocycles. The average molecular weight is 212 g/mol. The molecule has 0 aliphatic rings. The van der Waals surface area contributed by atoms with Gasteiger partial charge in [0.25, 0.3) is 0 Å². The van der Waals surface area contributed by atoms with Crippen LogP contribution in [0.1, 0.15) is 15.9 Å². The van der Waals surface area contributed by atoms with E-state index in [1.54, 1.807) is 18.2 Å². The second kappa shape index (κ2) is 4.19. The topological polar surface area (TPSA) is 37.3 Å². The molecular formula is C14H12O2. The van der Waals surface area contributed by atoms with Crippen LogP contribution in [0.3, 0.4) is 0 Å². The predicted molar refractivity (Wildman–Crippen MR) is 63.7 cm³/mol. The van der Waals surface area contributed by atoms with E-state index in [9.17, 15) is 9.90 Å². The maximum absolute atomic E-state index is 10.7. The van der Waals surface area contributed by atoms with Gasteiger partial charge in [-0.25, -0.2) is 0 Å². The van der Waals surface area contributed by atoms with Gasteiger partial charge in [-0.1, -0.05) is 24.3 Å². The number of benzene rings is 2. The van der Waals surface area contributed by atoms with E-state index >= 15 is 0 Å². The lowest BCUT2D eigenvalue weighted by atomic mass is 9.99. The van der Waals surface area contributed by atoms with Crippen molar-refractivity contribution in [3.8, 4) is 16.9 Å². The Hall–Kier alpha value is -2.09. The number of rotatable bonds is 2. The van der Waals surface area contributed by atoms with E-state index in [0.29, 0.717) is 5.56 Å². The molecule has 16 heavy (non-hydrogen) atoms. The lowest BCUT2D eigenvalue weighted by Crippen LogP contribution is -1.85. The highest BCUT2D eigenvalue weighted by molar-refractivity contribution is 5.79. The Morgan fingerprint density at radius 2 is 1.94 bits per heavy atom. The Morgan fingerprint density at radius 3 is 2.62 bits per heavy atom. The molecule has 2 heteroatoms. The zero-order chi connectivity index (χ0) is 11.5. The van der Waals surface area contributed by atoms with E-state index in [-0.39, 0.29) is 5.75 Å². The molecule has 0 aliphatic carbocycles. The number of aldehydes is 1. The van der Waals surface area contributed by atoms with E-state index in [4.69, 9.17) is 0 Å². The number of hydrogen-bond donors (Lipinski definition) is 1. The summed E-state index contributed by atoms with van der Waals surface area (Å²) in [5.41, 5.74) is 3.66. The summed E-state index contributed by atoms with van der Waals surface area (Å²) in [5, 5.41) is 9.33. The summed E-state index contributed by atoms with van der Waals surface area (Å²) < 4.78 is 0. The highest BCUT2D eigenvalue weighted by Gasteiger charge is 2.03. The molecule has 0 radical (unpaired) electrons. The van der Waals surface area contributed by atoms with Crippen LogP contribution in [0.25, 0.3) is 11.1 Å². The first-order chi connectivity index (χ1) is 7.70. The van der Waals surface area contributed by atoms with Crippen LogP contribution < -0.4 is 0 Å². The van der Waals surface area contributed by atoms with Gasteiger partial charge in [0, 0.05) is 5.56 Å². The molecular weight excluding hydrogens is 200 g/mol. The Kier molecular flexibility index (Phi) is 2.73. The van der Waals surface area contributed by atoms with Gasteiger partial charge in [0.05, 0.1) is 0 Å². The maximum atomic E-state index is 10.7. The quantitative estimate of drug-likeness (QED) is 0.776. The minimum Gasteiger partial charge on any atom is -0.508 e. The number of phenolic OH excluding ortho intramolecular Hbond substituents is 1. The van der Waals surface area contributed by atoms with Gasteiger partial charge in [-0.3, -0.25) is 4.79 Å². The summed E-state index contributed by atoms with van der Waals surface area (Å²) in [7, 11) is 0. The van der Waals surface area contributed by atoms with Crippen molar-refractivity contribution in [3.05, 3.63) is 53.6 Å². The van der Waals surface area contributed by atoms with Gasteiger partial charge in [-0.2, -0.15) is 0 Å². The molecule has 0 heterocycles. The van der Waals surface area contributed by atoms with Crippen LogP contribution in [0, 0.1) is 6.92 Å². The van der Waals surface area contributed by atoms with Crippen molar-refractivity contribution < 1.29 is 9.90 Å². The lowest BCUT2D eigenvalue weighted by Gasteiger charge is -2.06. The zero-order valence-electron chi connectivity index (χ0n) is 8.97. The third-order valence-corrected chi connectivity index (χ3v) is 2.54. The lowest BCUT2D eigenvalue weighted by molar-refractivity contribution is 0.112. The molecule has 0 amide bonds. The minimum atomic E-state index is 0.257. The first kappa shape index (κ1) is 10.4. The summed E-state index contributed by atoms with van der Waals surface area (Å²) in [4.78, 5) is 10.7. The zero-order valence-corrected chi connectivity index (χ0v) is 8.97. The van der Waals surface area contributed by atoms with E-state index in [1.165, 1.54) is 0 Å². The summed E-state index contributed by atoms with van der Waals surface area (Å²) in [6, 6.07) is 12.6. The largest absolute Gasteiger partial charge is 0.508 e. The van der Waals surface area contributed by atoms with E-state index in [0.717, 1.165) is 23.0 Å². The number of aromatic hydroxyl groups is 1. The molecule has 0 saturated heterocycles. The molecule has 1 N–H and O–H groups in total. The molecule has 0 atom stereocenters. The number of hydrogen-bond acceptors (Lipinski definition) is 2. The Labute approximate surface area is 94.2 Å². The fourth-order valence-electron chi connectivity index (χ4n) is 1.75. The summed E-state index contributed by atoms with van der Waals surface area (Å²) in [6.07, 6.45) is 0.833. The smallest absolute Gasteiger partial charge is 0.150 e. The van der Waals surface area contributed by atoms with Crippen LogP contribution in [0.15, 0.2) is 42.5 Å². The second-order valence-corrected chi connectivity index (χ2v) is 3.74. The third-order valence-electron chi connectivity index (χ3n) is 2.54.